The van der Waals surface area contributed by atoms with Gasteiger partial charge >= 0.3 is 0 Å². The van der Waals surface area contributed by atoms with Crippen LogP contribution < -0.4 is 15.8 Å². The van der Waals surface area contributed by atoms with Crippen molar-refractivity contribution in [2.75, 3.05) is 24.7 Å². The van der Waals surface area contributed by atoms with Crippen molar-refractivity contribution in [1.29, 1.82) is 0 Å². The van der Waals surface area contributed by atoms with Crippen LogP contribution in [0, 0.1) is 0 Å². The first-order chi connectivity index (χ1) is 16.5. The Morgan fingerprint density at radius 3 is 2.18 bits per heavy atom. The molecule has 2 fully saturated rings. The molecular weight excluding hydrogens is 450 g/mol. The van der Waals surface area contributed by atoms with Crippen LogP contribution in [0.15, 0.2) is 65.5 Å². The lowest BCUT2D eigenvalue weighted by Crippen LogP contribution is -2.56. The Balaban J connectivity index is 1.39. The molecule has 0 saturated carbocycles. The highest BCUT2D eigenvalue weighted by Crippen LogP contribution is 2.36. The number of hydrogen-bond donors (Lipinski definition) is 1. The zero-order valence-corrected chi connectivity index (χ0v) is 20.2. The molecule has 3 aromatic rings. The monoisotopic (exact) mass is 479 g/mol. The number of carbonyl (C=O) groups is 1. The number of rotatable bonds is 6. The SMILES string of the molecule is CCCn1c(CN2CCC3(CC2)C(=O)NCN3c2ccccc2)c(Cl)c(=O)n1-c1ccccc1. The normalized spacial score (nSPS) is 17.9. The second-order valence-electron chi connectivity index (χ2n) is 9.07. The summed E-state index contributed by atoms with van der Waals surface area (Å²) in [5.74, 6) is 0.104. The minimum Gasteiger partial charge on any atom is -0.339 e. The van der Waals surface area contributed by atoms with E-state index in [2.05, 4.69) is 34.2 Å². The van der Waals surface area contributed by atoms with Crippen molar-refractivity contribution in [3.63, 3.8) is 0 Å². The molecule has 0 aliphatic carbocycles. The van der Waals surface area contributed by atoms with Crippen LogP contribution in [0.3, 0.4) is 0 Å². The number of likely N-dealkylation sites (tertiary alicyclic amines) is 1. The fourth-order valence-electron chi connectivity index (χ4n) is 5.31. The first kappa shape index (κ1) is 22.7. The van der Waals surface area contributed by atoms with E-state index in [9.17, 15) is 9.59 Å². The number of anilines is 1. The lowest BCUT2D eigenvalue weighted by molar-refractivity contribution is -0.125. The van der Waals surface area contributed by atoms with Gasteiger partial charge in [0.1, 0.15) is 10.6 Å². The van der Waals surface area contributed by atoms with Gasteiger partial charge in [-0.3, -0.25) is 19.2 Å². The van der Waals surface area contributed by atoms with Gasteiger partial charge in [0.2, 0.25) is 5.91 Å². The van der Waals surface area contributed by atoms with Crippen LogP contribution in [0.5, 0.6) is 0 Å². The third-order valence-corrected chi connectivity index (χ3v) is 7.46. The van der Waals surface area contributed by atoms with E-state index >= 15 is 0 Å². The summed E-state index contributed by atoms with van der Waals surface area (Å²) in [6.07, 6.45) is 2.34. The molecule has 0 radical (unpaired) electrons. The zero-order valence-electron chi connectivity index (χ0n) is 19.4. The van der Waals surface area contributed by atoms with Crippen molar-refractivity contribution in [3.8, 4) is 5.69 Å². The Morgan fingerprint density at radius 1 is 0.941 bits per heavy atom. The fraction of sp³-hybridized carbons (Fsp3) is 0.385. The van der Waals surface area contributed by atoms with Gasteiger partial charge in [0.15, 0.2) is 0 Å². The molecule has 2 aliphatic heterocycles. The third kappa shape index (κ3) is 3.83. The summed E-state index contributed by atoms with van der Waals surface area (Å²) in [4.78, 5) is 30.6. The van der Waals surface area contributed by atoms with Gasteiger partial charge in [0, 0.05) is 31.9 Å². The summed E-state index contributed by atoms with van der Waals surface area (Å²) in [5.41, 5.74) is 2.00. The molecule has 1 N–H and O–H groups in total. The molecular formula is C26H30ClN5O2. The van der Waals surface area contributed by atoms with Crippen LogP contribution in [-0.2, 0) is 17.9 Å². The van der Waals surface area contributed by atoms with Crippen LogP contribution in [0.2, 0.25) is 5.02 Å². The average molecular weight is 480 g/mol. The topological polar surface area (TPSA) is 62.5 Å². The number of amides is 1. The number of aromatic nitrogens is 2. The summed E-state index contributed by atoms with van der Waals surface area (Å²) in [6.45, 7) is 5.42. The molecule has 3 heterocycles. The average Bonchev–Trinajstić information content (AvgIpc) is 3.30. The van der Waals surface area contributed by atoms with Crippen LogP contribution in [0.25, 0.3) is 5.69 Å². The number of hydrogen-bond acceptors (Lipinski definition) is 4. The van der Waals surface area contributed by atoms with E-state index < -0.39 is 5.54 Å². The molecule has 178 valence electrons. The molecule has 1 aromatic heterocycles. The van der Waals surface area contributed by atoms with E-state index in [-0.39, 0.29) is 16.5 Å². The van der Waals surface area contributed by atoms with Crippen molar-refractivity contribution in [2.24, 2.45) is 0 Å². The fourth-order valence-corrected chi connectivity index (χ4v) is 5.55. The summed E-state index contributed by atoms with van der Waals surface area (Å²) < 4.78 is 3.71. The van der Waals surface area contributed by atoms with Crippen molar-refractivity contribution < 1.29 is 4.79 Å². The molecule has 1 spiro atoms. The van der Waals surface area contributed by atoms with Crippen LogP contribution in [0.1, 0.15) is 31.9 Å². The van der Waals surface area contributed by atoms with Crippen molar-refractivity contribution >= 4 is 23.2 Å². The number of benzene rings is 2. The second kappa shape index (κ2) is 9.31. The number of carbonyl (C=O) groups excluding carboxylic acids is 1. The molecule has 8 heteroatoms. The van der Waals surface area contributed by atoms with Crippen LogP contribution in [-0.4, -0.2) is 45.5 Å². The molecule has 0 atom stereocenters. The predicted molar refractivity (Wildman–Crippen MR) is 135 cm³/mol. The van der Waals surface area contributed by atoms with Gasteiger partial charge in [-0.1, -0.05) is 54.9 Å². The van der Waals surface area contributed by atoms with Gasteiger partial charge < -0.3 is 10.2 Å². The summed E-state index contributed by atoms with van der Waals surface area (Å²) in [5, 5.41) is 3.34. The largest absolute Gasteiger partial charge is 0.339 e. The smallest absolute Gasteiger partial charge is 0.290 e. The number of nitrogens with zero attached hydrogens (tertiary/aromatic N) is 4. The standard InChI is InChI=1S/C26H30ClN5O2/c1-2-15-31-22(23(27)24(33)32(31)21-11-7-4-8-12-21)18-29-16-13-26(14-17-29)25(34)28-19-30(26)20-9-5-3-6-10-20/h3-12H,2,13-19H2,1H3,(H,28,34). The molecule has 7 nitrogen and oxygen atoms in total. The van der Waals surface area contributed by atoms with E-state index in [1.807, 2.05) is 53.2 Å². The second-order valence-corrected chi connectivity index (χ2v) is 9.45. The Morgan fingerprint density at radius 2 is 1.56 bits per heavy atom. The third-order valence-electron chi connectivity index (χ3n) is 7.08. The predicted octanol–water partition coefficient (Wildman–Crippen LogP) is 3.63. The van der Waals surface area contributed by atoms with Gasteiger partial charge in [-0.15, -0.1) is 0 Å². The van der Waals surface area contributed by atoms with Crippen molar-refractivity contribution in [1.82, 2.24) is 19.6 Å². The summed E-state index contributed by atoms with van der Waals surface area (Å²) >= 11 is 6.62. The van der Waals surface area contributed by atoms with Gasteiger partial charge in [-0.25, -0.2) is 4.68 Å². The highest BCUT2D eigenvalue weighted by Gasteiger charge is 2.50. The maximum absolute atomic E-state index is 13.1. The quantitative estimate of drug-likeness (QED) is 0.586. The molecule has 0 bridgehead atoms. The Bertz CT molecular complexity index is 1210. The van der Waals surface area contributed by atoms with Crippen LogP contribution >= 0.6 is 11.6 Å². The van der Waals surface area contributed by atoms with E-state index in [1.54, 1.807) is 4.68 Å². The number of para-hydroxylation sites is 2. The lowest BCUT2D eigenvalue weighted by atomic mass is 9.85. The first-order valence-electron chi connectivity index (χ1n) is 11.9. The minimum atomic E-state index is -0.527. The van der Waals surface area contributed by atoms with Gasteiger partial charge in [0.05, 0.1) is 18.1 Å². The lowest BCUT2D eigenvalue weighted by Gasteiger charge is -2.43. The Hall–Kier alpha value is -3.03. The molecule has 2 aromatic carbocycles. The molecule has 2 aliphatic rings. The maximum Gasteiger partial charge on any atom is 0.290 e. The summed E-state index contributed by atoms with van der Waals surface area (Å²) in [6, 6.07) is 19.8. The van der Waals surface area contributed by atoms with Gasteiger partial charge in [0.25, 0.3) is 5.56 Å². The maximum atomic E-state index is 13.1. The highest BCUT2D eigenvalue weighted by molar-refractivity contribution is 6.31. The molecule has 0 unspecified atom stereocenters. The van der Waals surface area contributed by atoms with E-state index in [1.165, 1.54) is 0 Å². The number of nitrogens with one attached hydrogen (secondary N) is 1. The van der Waals surface area contributed by atoms with Gasteiger partial charge in [-0.2, -0.15) is 0 Å². The molecule has 2 saturated heterocycles. The number of piperidine rings is 1. The van der Waals surface area contributed by atoms with Gasteiger partial charge in [-0.05, 0) is 43.5 Å². The van der Waals surface area contributed by atoms with E-state index in [4.69, 9.17) is 11.6 Å². The molecule has 5 rings (SSSR count). The van der Waals surface area contributed by atoms with Crippen LogP contribution in [0.4, 0.5) is 5.69 Å². The number of halogens is 1. The minimum absolute atomic E-state index is 0.104. The Labute approximate surface area is 204 Å². The highest BCUT2D eigenvalue weighted by atomic mass is 35.5. The molecule has 1 amide bonds. The van der Waals surface area contributed by atoms with Crippen molar-refractivity contribution in [3.05, 3.63) is 81.7 Å². The summed E-state index contributed by atoms with van der Waals surface area (Å²) in [7, 11) is 0. The van der Waals surface area contributed by atoms with Crippen molar-refractivity contribution in [2.45, 2.75) is 44.8 Å². The van der Waals surface area contributed by atoms with E-state index in [0.29, 0.717) is 19.8 Å². The zero-order chi connectivity index (χ0) is 23.7. The first-order valence-corrected chi connectivity index (χ1v) is 12.3. The Kier molecular flexibility index (Phi) is 6.23. The van der Waals surface area contributed by atoms with E-state index in [0.717, 1.165) is 49.4 Å². The molecule has 34 heavy (non-hydrogen) atoms.